The van der Waals surface area contributed by atoms with Crippen LogP contribution in [0, 0.1) is 0 Å². The van der Waals surface area contributed by atoms with E-state index in [0.717, 1.165) is 42.1 Å². The van der Waals surface area contributed by atoms with Gasteiger partial charge < -0.3 is 5.32 Å². The summed E-state index contributed by atoms with van der Waals surface area (Å²) in [5, 5.41) is 5.93. The van der Waals surface area contributed by atoms with Crippen LogP contribution in [0.4, 0.5) is 14.5 Å². The van der Waals surface area contributed by atoms with Crippen LogP contribution in [0.3, 0.4) is 0 Å². The molecular formula is C23H28F2N2. The molecule has 0 radical (unpaired) electrons. The van der Waals surface area contributed by atoms with Gasteiger partial charge in [-0.25, -0.2) is 8.78 Å². The summed E-state index contributed by atoms with van der Waals surface area (Å²) in [5.41, 5.74) is 1.32. The van der Waals surface area contributed by atoms with E-state index >= 15 is 0 Å². The molecule has 4 heteroatoms. The van der Waals surface area contributed by atoms with Gasteiger partial charge in [0.05, 0.1) is 0 Å². The summed E-state index contributed by atoms with van der Waals surface area (Å²) < 4.78 is 28.1. The number of halogens is 2. The van der Waals surface area contributed by atoms with E-state index in [1.54, 1.807) is 6.08 Å². The number of nitrogens with one attached hydrogen (secondary N) is 1. The summed E-state index contributed by atoms with van der Waals surface area (Å²) >= 11 is 0. The molecule has 2 nitrogen and oxygen atoms in total. The number of allylic oxidation sites excluding steroid dienone is 3. The third kappa shape index (κ3) is 4.75. The molecule has 1 aromatic carbocycles. The van der Waals surface area contributed by atoms with Crippen molar-refractivity contribution in [3.05, 3.63) is 64.6 Å². The SMILES string of the molecule is C=C/C=c1/c(NC2CCCN(CC3=C(F)CCC=C3F)C2)ccc/c1=C/C. The Kier molecular flexibility index (Phi) is 6.62. The molecule has 0 amide bonds. The van der Waals surface area contributed by atoms with Crippen LogP contribution in [-0.2, 0) is 0 Å². The van der Waals surface area contributed by atoms with Gasteiger partial charge >= 0.3 is 0 Å². The van der Waals surface area contributed by atoms with Gasteiger partial charge in [0.1, 0.15) is 11.7 Å². The van der Waals surface area contributed by atoms with Crippen LogP contribution in [-0.4, -0.2) is 30.6 Å². The van der Waals surface area contributed by atoms with Crippen molar-refractivity contribution in [2.24, 2.45) is 0 Å². The fourth-order valence-electron chi connectivity index (χ4n) is 3.92. The van der Waals surface area contributed by atoms with Crippen molar-refractivity contribution in [2.75, 3.05) is 25.0 Å². The van der Waals surface area contributed by atoms with E-state index in [1.807, 2.05) is 19.1 Å². The fraction of sp³-hybridized carbons (Fsp3) is 0.391. The molecule has 0 spiro atoms. The van der Waals surface area contributed by atoms with Gasteiger partial charge in [-0.05, 0) is 50.1 Å². The summed E-state index contributed by atoms with van der Waals surface area (Å²) in [6.07, 6.45) is 10.2. The van der Waals surface area contributed by atoms with Crippen LogP contribution in [0.5, 0.6) is 0 Å². The third-order valence-electron chi connectivity index (χ3n) is 5.29. The highest BCUT2D eigenvalue weighted by atomic mass is 19.1. The smallest absolute Gasteiger partial charge is 0.126 e. The number of piperidine rings is 1. The van der Waals surface area contributed by atoms with Gasteiger partial charge in [-0.3, -0.25) is 4.90 Å². The topological polar surface area (TPSA) is 15.3 Å². The molecule has 0 aromatic heterocycles. The molecule has 1 unspecified atom stereocenters. The predicted octanol–water partition coefficient (Wildman–Crippen LogP) is 4.20. The van der Waals surface area contributed by atoms with E-state index in [1.165, 1.54) is 6.08 Å². The zero-order chi connectivity index (χ0) is 19.2. The highest BCUT2D eigenvalue weighted by Crippen LogP contribution is 2.28. The minimum atomic E-state index is -0.386. The van der Waals surface area contributed by atoms with Gasteiger partial charge in [-0.2, -0.15) is 0 Å². The molecule has 0 saturated carbocycles. The van der Waals surface area contributed by atoms with Gasteiger partial charge in [-0.1, -0.05) is 36.9 Å². The normalized spacial score (nSPS) is 22.8. The maximum absolute atomic E-state index is 14.1. The molecule has 2 aliphatic rings. The molecule has 1 aliphatic carbocycles. The van der Waals surface area contributed by atoms with Crippen molar-refractivity contribution in [3.63, 3.8) is 0 Å². The Labute approximate surface area is 160 Å². The molecule has 1 saturated heterocycles. The number of rotatable bonds is 5. The first-order valence-electron chi connectivity index (χ1n) is 9.73. The largest absolute Gasteiger partial charge is 0.381 e. The summed E-state index contributed by atoms with van der Waals surface area (Å²) in [4.78, 5) is 2.15. The second kappa shape index (κ2) is 9.14. The zero-order valence-electron chi connectivity index (χ0n) is 16.0. The third-order valence-corrected chi connectivity index (χ3v) is 5.29. The second-order valence-corrected chi connectivity index (χ2v) is 7.19. The second-order valence-electron chi connectivity index (χ2n) is 7.19. The molecule has 0 bridgehead atoms. The number of hydrogen-bond acceptors (Lipinski definition) is 2. The number of anilines is 1. The molecule has 144 valence electrons. The molecule has 1 aromatic rings. The van der Waals surface area contributed by atoms with Gasteiger partial charge in [0.2, 0.25) is 0 Å². The molecule has 1 heterocycles. The van der Waals surface area contributed by atoms with Crippen molar-refractivity contribution >= 4 is 17.8 Å². The molecule has 1 N–H and O–H groups in total. The maximum Gasteiger partial charge on any atom is 0.126 e. The molecule has 27 heavy (non-hydrogen) atoms. The average Bonchev–Trinajstić information content (AvgIpc) is 2.67. The van der Waals surface area contributed by atoms with E-state index in [-0.39, 0.29) is 23.3 Å². The molecule has 1 atom stereocenters. The van der Waals surface area contributed by atoms with Gasteiger partial charge in [0.15, 0.2) is 0 Å². The summed E-state index contributed by atoms with van der Waals surface area (Å²) in [6.45, 7) is 7.84. The van der Waals surface area contributed by atoms with E-state index in [0.29, 0.717) is 19.4 Å². The van der Waals surface area contributed by atoms with E-state index in [4.69, 9.17) is 0 Å². The molecule has 3 rings (SSSR count). The Morgan fingerprint density at radius 3 is 2.93 bits per heavy atom. The zero-order valence-corrected chi connectivity index (χ0v) is 16.0. The summed E-state index contributed by atoms with van der Waals surface area (Å²) in [6, 6.07) is 6.46. The van der Waals surface area contributed by atoms with Crippen LogP contribution < -0.4 is 15.8 Å². The lowest BCUT2D eigenvalue weighted by atomic mass is 10.0. The van der Waals surface area contributed by atoms with E-state index < -0.39 is 0 Å². The van der Waals surface area contributed by atoms with Crippen LogP contribution in [0.25, 0.3) is 12.2 Å². The Morgan fingerprint density at radius 1 is 1.33 bits per heavy atom. The highest BCUT2D eigenvalue weighted by Gasteiger charge is 2.24. The van der Waals surface area contributed by atoms with Crippen molar-refractivity contribution in [2.45, 2.75) is 38.6 Å². The van der Waals surface area contributed by atoms with Gasteiger partial charge in [-0.15, -0.1) is 0 Å². The Morgan fingerprint density at radius 2 is 2.19 bits per heavy atom. The monoisotopic (exact) mass is 370 g/mol. The Balaban J connectivity index is 1.74. The molecule has 1 fully saturated rings. The quantitative estimate of drug-likeness (QED) is 0.836. The van der Waals surface area contributed by atoms with Crippen molar-refractivity contribution in [1.82, 2.24) is 4.90 Å². The van der Waals surface area contributed by atoms with Crippen LogP contribution in [0.2, 0.25) is 0 Å². The van der Waals surface area contributed by atoms with Gasteiger partial charge in [0, 0.05) is 42.0 Å². The van der Waals surface area contributed by atoms with E-state index in [2.05, 4.69) is 35.0 Å². The minimum absolute atomic E-state index is 0.241. The Hall–Kier alpha value is -2.20. The molecular weight excluding hydrogens is 342 g/mol. The lowest BCUT2D eigenvalue weighted by Crippen LogP contribution is -2.44. The first kappa shape index (κ1) is 19.6. The number of hydrogen-bond donors (Lipinski definition) is 1. The summed E-state index contributed by atoms with van der Waals surface area (Å²) in [7, 11) is 0. The highest BCUT2D eigenvalue weighted by molar-refractivity contribution is 5.54. The number of benzene rings is 1. The standard InChI is InChI=1S/C23H28F2N2/c1-3-8-19-17(4-2)9-5-13-23(19)26-18-10-7-14-27(15-18)16-20-21(24)11-6-12-22(20)25/h3-5,8-9,11,13,18,26H,1,6-7,10,12,14-16H2,2H3/b17-4-,19-8+. The number of likely N-dealkylation sites (tertiary alicyclic amines) is 1. The first-order chi connectivity index (χ1) is 13.1. The Bertz CT molecular complexity index is 867. The molecule has 1 aliphatic heterocycles. The predicted molar refractivity (Wildman–Crippen MR) is 110 cm³/mol. The van der Waals surface area contributed by atoms with Crippen LogP contribution in [0.15, 0.2) is 54.2 Å². The van der Waals surface area contributed by atoms with Crippen molar-refractivity contribution < 1.29 is 8.78 Å². The van der Waals surface area contributed by atoms with Crippen molar-refractivity contribution in [3.8, 4) is 0 Å². The first-order valence-corrected chi connectivity index (χ1v) is 9.73. The summed E-state index contributed by atoms with van der Waals surface area (Å²) in [5.74, 6) is -0.679. The lowest BCUT2D eigenvalue weighted by Gasteiger charge is -2.34. The average molecular weight is 370 g/mol. The van der Waals surface area contributed by atoms with Crippen LogP contribution >= 0.6 is 0 Å². The van der Waals surface area contributed by atoms with Gasteiger partial charge in [0.25, 0.3) is 0 Å². The fourth-order valence-corrected chi connectivity index (χ4v) is 3.92. The maximum atomic E-state index is 14.1. The lowest BCUT2D eigenvalue weighted by molar-refractivity contribution is 0.229. The van der Waals surface area contributed by atoms with E-state index in [9.17, 15) is 8.78 Å². The van der Waals surface area contributed by atoms with Crippen LogP contribution in [0.1, 0.15) is 32.6 Å². The number of nitrogens with zero attached hydrogens (tertiary/aromatic N) is 1. The minimum Gasteiger partial charge on any atom is -0.381 e. The van der Waals surface area contributed by atoms with Crippen molar-refractivity contribution in [1.29, 1.82) is 0 Å².